The van der Waals surface area contributed by atoms with E-state index in [2.05, 4.69) is 0 Å². The number of hydrogen-bond acceptors (Lipinski definition) is 2. The standard InChI is InChI=1S/C13H10F4O3/c14-10-5-8-7(4-12(18)19)2-1-3-20-11(8)6-9(10)13(15,16)17/h4-6H,1-3H2,(H,18,19). The van der Waals surface area contributed by atoms with Crippen LogP contribution in [0.15, 0.2) is 18.2 Å². The van der Waals surface area contributed by atoms with Crippen molar-refractivity contribution in [2.24, 2.45) is 0 Å². The molecule has 3 nitrogen and oxygen atoms in total. The van der Waals surface area contributed by atoms with Gasteiger partial charge in [0.2, 0.25) is 0 Å². The van der Waals surface area contributed by atoms with Crippen LogP contribution in [0.1, 0.15) is 24.0 Å². The van der Waals surface area contributed by atoms with Crippen molar-refractivity contribution in [2.75, 3.05) is 6.61 Å². The Kier molecular flexibility index (Phi) is 3.69. The van der Waals surface area contributed by atoms with Gasteiger partial charge in [0.25, 0.3) is 0 Å². The summed E-state index contributed by atoms with van der Waals surface area (Å²) >= 11 is 0. The highest BCUT2D eigenvalue weighted by Crippen LogP contribution is 2.39. The zero-order chi connectivity index (χ0) is 14.9. The fourth-order valence-corrected chi connectivity index (χ4v) is 2.02. The van der Waals surface area contributed by atoms with E-state index in [-0.39, 0.29) is 23.5 Å². The van der Waals surface area contributed by atoms with E-state index < -0.39 is 23.5 Å². The first kappa shape index (κ1) is 14.4. The van der Waals surface area contributed by atoms with Gasteiger partial charge >= 0.3 is 12.1 Å². The van der Waals surface area contributed by atoms with Crippen LogP contribution in [0.4, 0.5) is 17.6 Å². The van der Waals surface area contributed by atoms with Gasteiger partial charge in [0, 0.05) is 11.6 Å². The van der Waals surface area contributed by atoms with E-state index in [1.807, 2.05) is 0 Å². The van der Waals surface area contributed by atoms with Gasteiger partial charge in [0.1, 0.15) is 11.6 Å². The molecule has 2 rings (SSSR count). The lowest BCUT2D eigenvalue weighted by Crippen LogP contribution is -2.09. The molecule has 1 N–H and O–H groups in total. The predicted molar refractivity (Wildman–Crippen MR) is 61.7 cm³/mol. The van der Waals surface area contributed by atoms with Crippen molar-refractivity contribution >= 4 is 11.5 Å². The number of halogens is 4. The minimum absolute atomic E-state index is 0.0513. The summed E-state index contributed by atoms with van der Waals surface area (Å²) in [6.07, 6.45) is -3.23. The molecular weight excluding hydrogens is 280 g/mol. The normalized spacial score (nSPS) is 17.3. The molecule has 0 spiro atoms. The summed E-state index contributed by atoms with van der Waals surface area (Å²) < 4.78 is 56.6. The number of carboxylic acids is 1. The van der Waals surface area contributed by atoms with Gasteiger partial charge < -0.3 is 9.84 Å². The number of rotatable bonds is 1. The Morgan fingerprint density at radius 1 is 1.35 bits per heavy atom. The molecule has 1 aromatic carbocycles. The first-order valence-corrected chi connectivity index (χ1v) is 5.76. The molecule has 20 heavy (non-hydrogen) atoms. The van der Waals surface area contributed by atoms with Crippen molar-refractivity contribution in [1.82, 2.24) is 0 Å². The molecule has 0 aromatic heterocycles. The molecule has 0 amide bonds. The van der Waals surface area contributed by atoms with Gasteiger partial charge in [0.15, 0.2) is 0 Å². The molecule has 1 heterocycles. The molecule has 0 saturated carbocycles. The van der Waals surface area contributed by atoms with E-state index in [9.17, 15) is 22.4 Å². The minimum Gasteiger partial charge on any atom is -0.493 e. The zero-order valence-corrected chi connectivity index (χ0v) is 10.1. The molecule has 0 bridgehead atoms. The molecule has 7 heteroatoms. The smallest absolute Gasteiger partial charge is 0.419 e. The lowest BCUT2D eigenvalue weighted by atomic mass is 9.98. The second-order valence-electron chi connectivity index (χ2n) is 4.29. The van der Waals surface area contributed by atoms with Crippen molar-refractivity contribution in [3.8, 4) is 5.75 Å². The van der Waals surface area contributed by atoms with Crippen molar-refractivity contribution in [1.29, 1.82) is 0 Å². The molecule has 0 atom stereocenters. The van der Waals surface area contributed by atoms with Crippen molar-refractivity contribution < 1.29 is 32.2 Å². The minimum atomic E-state index is -4.83. The Morgan fingerprint density at radius 2 is 2.05 bits per heavy atom. The van der Waals surface area contributed by atoms with E-state index in [0.29, 0.717) is 25.0 Å². The van der Waals surface area contributed by atoms with Crippen LogP contribution in [-0.2, 0) is 11.0 Å². The second-order valence-corrected chi connectivity index (χ2v) is 4.29. The molecule has 0 radical (unpaired) electrons. The van der Waals surface area contributed by atoms with Gasteiger partial charge in [-0.25, -0.2) is 9.18 Å². The lowest BCUT2D eigenvalue weighted by molar-refractivity contribution is -0.140. The second kappa shape index (κ2) is 5.15. The number of ether oxygens (including phenoxy) is 1. The third-order valence-electron chi connectivity index (χ3n) is 2.87. The van der Waals surface area contributed by atoms with Crippen LogP contribution in [0, 0.1) is 5.82 Å². The summed E-state index contributed by atoms with van der Waals surface area (Å²) in [5, 5.41) is 8.75. The maximum atomic E-state index is 13.6. The summed E-state index contributed by atoms with van der Waals surface area (Å²) in [6, 6.07) is 1.25. The van der Waals surface area contributed by atoms with Crippen LogP contribution in [0.25, 0.3) is 5.57 Å². The van der Waals surface area contributed by atoms with Crippen LogP contribution in [0.5, 0.6) is 5.75 Å². The monoisotopic (exact) mass is 290 g/mol. The van der Waals surface area contributed by atoms with E-state index >= 15 is 0 Å². The average Bonchev–Trinajstić information content (AvgIpc) is 2.49. The van der Waals surface area contributed by atoms with Gasteiger partial charge in [-0.15, -0.1) is 0 Å². The molecule has 1 aromatic rings. The summed E-state index contributed by atoms with van der Waals surface area (Å²) in [7, 11) is 0. The fraction of sp³-hybridized carbons (Fsp3) is 0.308. The molecule has 1 aliphatic rings. The molecule has 0 aliphatic carbocycles. The fourth-order valence-electron chi connectivity index (χ4n) is 2.02. The average molecular weight is 290 g/mol. The number of alkyl halides is 3. The lowest BCUT2D eigenvalue weighted by Gasteiger charge is -2.14. The van der Waals surface area contributed by atoms with Crippen LogP contribution in [-0.4, -0.2) is 17.7 Å². The van der Waals surface area contributed by atoms with Crippen LogP contribution in [0.3, 0.4) is 0 Å². The molecule has 0 unspecified atom stereocenters. The molecule has 0 fully saturated rings. The number of benzene rings is 1. The van der Waals surface area contributed by atoms with Crippen LogP contribution < -0.4 is 4.74 Å². The zero-order valence-electron chi connectivity index (χ0n) is 10.1. The number of carboxylic acid groups (broad SMARTS) is 1. The highest BCUT2D eigenvalue weighted by atomic mass is 19.4. The van der Waals surface area contributed by atoms with E-state index in [1.165, 1.54) is 0 Å². The molecule has 108 valence electrons. The summed E-state index contributed by atoms with van der Waals surface area (Å²) in [5.41, 5.74) is -1.12. The topological polar surface area (TPSA) is 46.5 Å². The van der Waals surface area contributed by atoms with Gasteiger partial charge in [-0.1, -0.05) is 0 Å². The Hall–Kier alpha value is -2.05. The Balaban J connectivity index is 2.59. The predicted octanol–water partition coefficient (Wildman–Crippen LogP) is 3.49. The Bertz CT molecular complexity index is 576. The third kappa shape index (κ3) is 2.92. The van der Waals surface area contributed by atoms with E-state index in [1.54, 1.807) is 0 Å². The first-order valence-electron chi connectivity index (χ1n) is 5.76. The molecular formula is C13H10F4O3. The van der Waals surface area contributed by atoms with Crippen molar-refractivity contribution in [2.45, 2.75) is 19.0 Å². The van der Waals surface area contributed by atoms with Gasteiger partial charge in [-0.3, -0.25) is 0 Å². The highest BCUT2D eigenvalue weighted by molar-refractivity contribution is 5.91. The van der Waals surface area contributed by atoms with E-state index in [0.717, 1.165) is 6.08 Å². The number of aliphatic carboxylic acids is 1. The highest BCUT2D eigenvalue weighted by Gasteiger charge is 2.35. The first-order chi connectivity index (χ1) is 9.29. The van der Waals surface area contributed by atoms with Gasteiger partial charge in [-0.05, 0) is 30.5 Å². The SMILES string of the molecule is O=C(O)C=C1CCCOc2cc(C(F)(F)F)c(F)cc21. The van der Waals surface area contributed by atoms with Crippen molar-refractivity contribution in [3.63, 3.8) is 0 Å². The van der Waals surface area contributed by atoms with Gasteiger partial charge in [0.05, 0.1) is 12.2 Å². The summed E-state index contributed by atoms with van der Waals surface area (Å²) in [4.78, 5) is 10.7. The Labute approximate surface area is 111 Å². The number of carbonyl (C=O) groups is 1. The Morgan fingerprint density at radius 3 is 2.65 bits per heavy atom. The van der Waals surface area contributed by atoms with Crippen LogP contribution in [0.2, 0.25) is 0 Å². The van der Waals surface area contributed by atoms with E-state index in [4.69, 9.17) is 9.84 Å². The largest absolute Gasteiger partial charge is 0.493 e. The van der Waals surface area contributed by atoms with Gasteiger partial charge in [-0.2, -0.15) is 13.2 Å². The number of allylic oxidation sites excluding steroid dienone is 1. The summed E-state index contributed by atoms with van der Waals surface area (Å²) in [5.74, 6) is -2.84. The van der Waals surface area contributed by atoms with Crippen molar-refractivity contribution in [3.05, 3.63) is 35.2 Å². The number of hydrogen-bond donors (Lipinski definition) is 1. The maximum absolute atomic E-state index is 13.6. The third-order valence-corrected chi connectivity index (χ3v) is 2.87. The quantitative estimate of drug-likeness (QED) is 0.636. The maximum Gasteiger partial charge on any atom is 0.419 e. The molecule has 0 saturated heterocycles. The number of fused-ring (bicyclic) bond motifs is 1. The summed E-state index contributed by atoms with van der Waals surface area (Å²) in [6.45, 7) is 0.146. The van der Waals surface area contributed by atoms with Crippen LogP contribution >= 0.6 is 0 Å². The molecule has 1 aliphatic heterocycles.